The van der Waals surface area contributed by atoms with Crippen molar-refractivity contribution in [3.8, 4) is 28.7 Å². The van der Waals surface area contributed by atoms with Gasteiger partial charge >= 0.3 is 29.8 Å². The molecule has 0 bridgehead atoms. The van der Waals surface area contributed by atoms with Gasteiger partial charge < -0.3 is 37.9 Å². The number of esters is 5. The second-order valence-corrected chi connectivity index (χ2v) is 17.6. The normalized spacial score (nSPS) is 10.9. The van der Waals surface area contributed by atoms with Crippen LogP contribution >= 0.6 is 0 Å². The quantitative estimate of drug-likeness (QED) is 0.00588. The van der Waals surface area contributed by atoms with Crippen molar-refractivity contribution < 1.29 is 61.9 Å². The Hall–Kier alpha value is -8.72. The van der Waals surface area contributed by atoms with Crippen LogP contribution in [0.1, 0.15) is 103 Å². The first-order valence-corrected chi connectivity index (χ1v) is 25.9. The molecule has 0 atom stereocenters. The Morgan fingerprint density at radius 1 is 0.442 bits per heavy atom. The second kappa shape index (κ2) is 31.9. The third-order valence-corrected chi connectivity index (χ3v) is 11.9. The van der Waals surface area contributed by atoms with Gasteiger partial charge in [0.1, 0.15) is 17.2 Å². The summed E-state index contributed by atoms with van der Waals surface area (Å²) in [5, 5.41) is 8.73. The molecule has 15 nitrogen and oxygen atoms in total. The van der Waals surface area contributed by atoms with Gasteiger partial charge in [-0.25, -0.2) is 24.0 Å². The summed E-state index contributed by atoms with van der Waals surface area (Å²) < 4.78 is 45.5. The first-order chi connectivity index (χ1) is 37.6. The van der Waals surface area contributed by atoms with Gasteiger partial charge in [0.25, 0.3) is 0 Å². The zero-order chi connectivity index (χ0) is 54.5. The number of fused-ring (bicyclic) bond motifs is 3. The molecule has 0 aromatic heterocycles. The standard InChI is InChI=1S/C62H66N2O13/c1-4-57(65)73-38-20-10-7-17-35-70-49-31-27-45(28-32-49)61(68)76-51-41-48(44-63-64-55-42-47-23-13-14-24-52(47)53-25-15-16-26-54(53)55)60(56(43-51)72-37-19-9-12-22-40-75-59(67)6-3)77-62(69)46-29-33-50(34-30-46)71-36-18-8-11-21-39-74-58(66)5-2/h4-6,13-16,23-34,41-44,64H,1-3,7-12,17-22,35-40H2/b63-44+. The number of hydrogen-bond acceptors (Lipinski definition) is 15. The van der Waals surface area contributed by atoms with Gasteiger partial charge in [0.05, 0.1) is 62.7 Å². The van der Waals surface area contributed by atoms with Gasteiger partial charge in [-0.1, -0.05) is 68.3 Å². The number of benzene rings is 6. The summed E-state index contributed by atoms with van der Waals surface area (Å²) in [6, 6.07) is 34.4. The molecule has 0 spiro atoms. The van der Waals surface area contributed by atoms with Crippen molar-refractivity contribution in [2.75, 3.05) is 45.1 Å². The van der Waals surface area contributed by atoms with Gasteiger partial charge in [-0.2, -0.15) is 5.10 Å². The lowest BCUT2D eigenvalue weighted by Gasteiger charge is -2.16. The number of ether oxygens (including phenoxy) is 8. The molecular weight excluding hydrogens is 981 g/mol. The van der Waals surface area contributed by atoms with Gasteiger partial charge in [0, 0.05) is 35.2 Å². The van der Waals surface area contributed by atoms with E-state index < -0.39 is 29.8 Å². The lowest BCUT2D eigenvalue weighted by Crippen LogP contribution is -2.13. The number of rotatable bonds is 34. The summed E-state index contributed by atoms with van der Waals surface area (Å²) in [5.41, 5.74) is 4.70. The molecule has 15 heteroatoms. The molecule has 0 aliphatic carbocycles. The van der Waals surface area contributed by atoms with Gasteiger partial charge in [-0.05, 0) is 154 Å². The number of hydrazone groups is 1. The number of carbonyl (C=O) groups excluding carboxylic acids is 5. The highest BCUT2D eigenvalue weighted by Gasteiger charge is 2.21. The number of nitrogens with zero attached hydrogens (tertiary/aromatic N) is 1. The largest absolute Gasteiger partial charge is 0.494 e. The van der Waals surface area contributed by atoms with E-state index in [0.29, 0.717) is 50.8 Å². The Morgan fingerprint density at radius 2 is 0.883 bits per heavy atom. The van der Waals surface area contributed by atoms with Crippen molar-refractivity contribution in [1.82, 2.24) is 0 Å². The van der Waals surface area contributed by atoms with Crippen LogP contribution in [0.5, 0.6) is 28.7 Å². The highest BCUT2D eigenvalue weighted by atomic mass is 16.6. The van der Waals surface area contributed by atoms with E-state index in [1.54, 1.807) is 54.6 Å². The van der Waals surface area contributed by atoms with Crippen LogP contribution in [0, 0.1) is 0 Å². The topological polar surface area (TPSA) is 184 Å². The summed E-state index contributed by atoms with van der Waals surface area (Å²) in [6.07, 6.45) is 14.3. The number of hydrogen-bond donors (Lipinski definition) is 1. The maximum Gasteiger partial charge on any atom is 0.343 e. The minimum atomic E-state index is -0.686. The number of carbonyl (C=O) groups is 5. The number of nitrogens with one attached hydrogen (secondary N) is 1. The highest BCUT2D eigenvalue weighted by molar-refractivity contribution is 6.13. The molecule has 0 saturated heterocycles. The van der Waals surface area contributed by atoms with Crippen molar-refractivity contribution >= 4 is 63.3 Å². The van der Waals surface area contributed by atoms with Crippen molar-refractivity contribution in [3.05, 3.63) is 170 Å². The average Bonchev–Trinajstić information content (AvgIpc) is 3.46. The Morgan fingerprint density at radius 3 is 1.39 bits per heavy atom. The van der Waals surface area contributed by atoms with Crippen molar-refractivity contribution in [1.29, 1.82) is 0 Å². The van der Waals surface area contributed by atoms with Crippen LogP contribution in [-0.2, 0) is 28.6 Å². The van der Waals surface area contributed by atoms with E-state index in [-0.39, 0.29) is 47.2 Å². The Balaban J connectivity index is 1.21. The Labute approximate surface area is 449 Å². The van der Waals surface area contributed by atoms with E-state index >= 15 is 0 Å². The predicted molar refractivity (Wildman–Crippen MR) is 297 cm³/mol. The van der Waals surface area contributed by atoms with Crippen molar-refractivity contribution in [2.24, 2.45) is 5.10 Å². The molecule has 402 valence electrons. The van der Waals surface area contributed by atoms with E-state index in [2.05, 4.69) is 42.4 Å². The Bertz CT molecular complexity index is 2970. The molecule has 0 fully saturated rings. The lowest BCUT2D eigenvalue weighted by atomic mass is 10.0. The molecule has 0 radical (unpaired) electrons. The summed E-state index contributed by atoms with van der Waals surface area (Å²) >= 11 is 0. The van der Waals surface area contributed by atoms with Crippen LogP contribution in [-0.4, -0.2) is 75.7 Å². The fourth-order valence-corrected chi connectivity index (χ4v) is 7.91. The molecule has 0 amide bonds. The van der Waals surface area contributed by atoms with Crippen LogP contribution in [0.2, 0.25) is 0 Å². The fourth-order valence-electron chi connectivity index (χ4n) is 7.91. The smallest absolute Gasteiger partial charge is 0.343 e. The van der Waals surface area contributed by atoms with E-state index in [0.717, 1.165) is 110 Å². The molecule has 6 aromatic carbocycles. The van der Waals surface area contributed by atoms with Gasteiger partial charge in [-0.3, -0.25) is 5.43 Å². The molecule has 77 heavy (non-hydrogen) atoms. The third-order valence-electron chi connectivity index (χ3n) is 11.9. The summed E-state index contributed by atoms with van der Waals surface area (Å²) in [4.78, 5) is 61.8. The van der Waals surface area contributed by atoms with E-state index in [9.17, 15) is 24.0 Å². The maximum atomic E-state index is 14.1. The van der Waals surface area contributed by atoms with Crippen LogP contribution in [0.3, 0.4) is 0 Å². The SMILES string of the molecule is C=CC(=O)OCCCCCCOc1ccc(C(=O)Oc2cc(/C=N/Nc3cc4ccccc4c4ccccc34)c(OC(=O)c3ccc(OCCCCCCOC(=O)C=C)cc3)c(OCCCCCCOC(=O)C=C)c2)cc1. The minimum absolute atomic E-state index is 0.0391. The first kappa shape index (κ1) is 57.6. The van der Waals surface area contributed by atoms with Crippen LogP contribution in [0.4, 0.5) is 5.69 Å². The molecule has 0 heterocycles. The van der Waals surface area contributed by atoms with E-state index in [1.165, 1.54) is 12.3 Å². The minimum Gasteiger partial charge on any atom is -0.494 e. The maximum absolute atomic E-state index is 14.1. The number of anilines is 1. The highest BCUT2D eigenvalue weighted by Crippen LogP contribution is 2.38. The molecular formula is C62H66N2O13. The van der Waals surface area contributed by atoms with Crippen molar-refractivity contribution in [2.45, 2.75) is 77.0 Å². The monoisotopic (exact) mass is 1050 g/mol. The van der Waals surface area contributed by atoms with Gasteiger partial charge in [0.15, 0.2) is 11.5 Å². The van der Waals surface area contributed by atoms with Crippen LogP contribution in [0.25, 0.3) is 21.5 Å². The second-order valence-electron chi connectivity index (χ2n) is 17.6. The zero-order valence-electron chi connectivity index (χ0n) is 43.4. The number of unbranched alkanes of at least 4 members (excludes halogenated alkanes) is 9. The molecule has 0 aliphatic rings. The average molecular weight is 1050 g/mol. The van der Waals surface area contributed by atoms with E-state index in [1.807, 2.05) is 42.5 Å². The molecule has 6 aromatic rings. The predicted octanol–water partition coefficient (Wildman–Crippen LogP) is 12.9. The molecule has 1 N–H and O–H groups in total. The lowest BCUT2D eigenvalue weighted by molar-refractivity contribution is -0.138. The molecule has 0 aliphatic heterocycles. The Kier molecular flexibility index (Phi) is 23.8. The molecule has 0 saturated carbocycles. The van der Waals surface area contributed by atoms with E-state index in [4.69, 9.17) is 37.9 Å². The van der Waals surface area contributed by atoms with Crippen LogP contribution < -0.4 is 29.1 Å². The molecule has 0 unspecified atom stereocenters. The summed E-state index contributed by atoms with van der Waals surface area (Å²) in [5.74, 6) is -1.25. The fraction of sp³-hybridized carbons (Fsp3) is 0.290. The third kappa shape index (κ3) is 19.2. The van der Waals surface area contributed by atoms with Gasteiger partial charge in [0.2, 0.25) is 0 Å². The van der Waals surface area contributed by atoms with Crippen LogP contribution in [0.15, 0.2) is 158 Å². The zero-order valence-corrected chi connectivity index (χ0v) is 43.4. The van der Waals surface area contributed by atoms with Crippen molar-refractivity contribution in [3.63, 3.8) is 0 Å². The summed E-state index contributed by atoms with van der Waals surface area (Å²) in [6.45, 7) is 12.3. The molecule has 6 rings (SSSR count). The van der Waals surface area contributed by atoms with Gasteiger partial charge in [-0.15, -0.1) is 0 Å². The summed E-state index contributed by atoms with van der Waals surface area (Å²) in [7, 11) is 0. The first-order valence-electron chi connectivity index (χ1n) is 25.9.